The molecule has 4 heteroatoms. The van der Waals surface area contributed by atoms with Crippen molar-refractivity contribution in [3.8, 4) is 0 Å². The van der Waals surface area contributed by atoms with E-state index in [2.05, 4.69) is 59.8 Å². The molecule has 3 nitrogen and oxygen atoms in total. The van der Waals surface area contributed by atoms with Crippen molar-refractivity contribution in [2.75, 3.05) is 13.1 Å². The van der Waals surface area contributed by atoms with Crippen LogP contribution in [-0.2, 0) is 17.8 Å². The molecule has 1 N–H and O–H groups in total. The molecule has 0 radical (unpaired) electrons. The van der Waals surface area contributed by atoms with Crippen molar-refractivity contribution in [3.63, 3.8) is 0 Å². The fourth-order valence-electron chi connectivity index (χ4n) is 3.10. The van der Waals surface area contributed by atoms with E-state index in [0.717, 1.165) is 25.9 Å². The third-order valence-electron chi connectivity index (χ3n) is 4.48. The number of thiophene rings is 1. The van der Waals surface area contributed by atoms with Crippen molar-refractivity contribution >= 4 is 17.2 Å². The van der Waals surface area contributed by atoms with E-state index in [-0.39, 0.29) is 11.9 Å². The molecule has 0 saturated carbocycles. The lowest BCUT2D eigenvalue weighted by Crippen LogP contribution is -2.40. The molecular formula is C19H24N2OS. The molecule has 2 heterocycles. The zero-order valence-electron chi connectivity index (χ0n) is 13.8. The maximum absolute atomic E-state index is 12.4. The van der Waals surface area contributed by atoms with Crippen LogP contribution in [0.3, 0.4) is 0 Å². The normalized spacial score (nSPS) is 15.9. The Hall–Kier alpha value is -1.65. The van der Waals surface area contributed by atoms with Crippen LogP contribution >= 0.6 is 11.3 Å². The van der Waals surface area contributed by atoms with Crippen molar-refractivity contribution in [1.29, 1.82) is 0 Å². The molecule has 0 fully saturated rings. The number of rotatable bonds is 5. The topological polar surface area (TPSA) is 32.3 Å². The molecule has 1 atom stereocenters. The molecule has 122 valence electrons. The fourth-order valence-corrected chi connectivity index (χ4v) is 3.99. The standard InChI is InChI=1S/C19H24N2OS/c1-3-17(15-6-4-14(2)5-7-15)20-19(22)13-21-10-8-18-16(12-21)9-11-23-18/h4-7,9,11,17H,3,8,10,12-13H2,1-2H3,(H,20,22). The number of benzene rings is 1. The molecule has 2 aromatic rings. The Morgan fingerprint density at radius 2 is 2.09 bits per heavy atom. The van der Waals surface area contributed by atoms with Crippen LogP contribution in [0.15, 0.2) is 35.7 Å². The van der Waals surface area contributed by atoms with Crippen LogP contribution < -0.4 is 5.32 Å². The second-order valence-corrected chi connectivity index (χ2v) is 7.27. The fraction of sp³-hybridized carbons (Fsp3) is 0.421. The summed E-state index contributed by atoms with van der Waals surface area (Å²) in [5.74, 6) is 0.121. The van der Waals surface area contributed by atoms with Crippen LogP contribution in [0.5, 0.6) is 0 Å². The Morgan fingerprint density at radius 1 is 1.30 bits per heavy atom. The van der Waals surface area contributed by atoms with E-state index in [1.807, 2.05) is 11.3 Å². The van der Waals surface area contributed by atoms with E-state index in [1.165, 1.54) is 21.6 Å². The molecule has 0 aliphatic carbocycles. The number of hydrogen-bond donors (Lipinski definition) is 1. The number of fused-ring (bicyclic) bond motifs is 1. The average Bonchev–Trinajstić information content (AvgIpc) is 3.01. The first-order chi connectivity index (χ1) is 11.2. The Kier molecular flexibility index (Phi) is 5.13. The molecule has 23 heavy (non-hydrogen) atoms. The Labute approximate surface area is 142 Å². The summed E-state index contributed by atoms with van der Waals surface area (Å²) in [7, 11) is 0. The highest BCUT2D eigenvalue weighted by Crippen LogP contribution is 2.24. The first-order valence-corrected chi connectivity index (χ1v) is 9.17. The second kappa shape index (κ2) is 7.28. The maximum atomic E-state index is 12.4. The second-order valence-electron chi connectivity index (χ2n) is 6.27. The molecule has 1 aromatic heterocycles. The summed E-state index contributed by atoms with van der Waals surface area (Å²) in [6, 6.07) is 10.7. The smallest absolute Gasteiger partial charge is 0.234 e. The van der Waals surface area contributed by atoms with Gasteiger partial charge in [-0.1, -0.05) is 36.8 Å². The van der Waals surface area contributed by atoms with Gasteiger partial charge in [0.05, 0.1) is 12.6 Å². The third kappa shape index (κ3) is 4.01. The van der Waals surface area contributed by atoms with Crippen molar-refractivity contribution in [2.24, 2.45) is 0 Å². The lowest BCUT2D eigenvalue weighted by molar-refractivity contribution is -0.123. The number of carbonyl (C=O) groups is 1. The van der Waals surface area contributed by atoms with Crippen LogP contribution in [0.25, 0.3) is 0 Å². The zero-order chi connectivity index (χ0) is 16.2. The Bertz CT molecular complexity index is 662. The summed E-state index contributed by atoms with van der Waals surface area (Å²) >= 11 is 1.83. The molecule has 1 unspecified atom stereocenters. The Morgan fingerprint density at radius 3 is 2.83 bits per heavy atom. The van der Waals surface area contributed by atoms with Crippen LogP contribution in [0.2, 0.25) is 0 Å². The van der Waals surface area contributed by atoms with Gasteiger partial charge < -0.3 is 5.32 Å². The maximum Gasteiger partial charge on any atom is 0.234 e. The van der Waals surface area contributed by atoms with E-state index >= 15 is 0 Å². The monoisotopic (exact) mass is 328 g/mol. The van der Waals surface area contributed by atoms with E-state index in [0.29, 0.717) is 6.54 Å². The number of carbonyl (C=O) groups excluding carboxylic acids is 1. The molecule has 0 bridgehead atoms. The first-order valence-electron chi connectivity index (χ1n) is 8.29. The highest BCUT2D eigenvalue weighted by molar-refractivity contribution is 7.10. The minimum absolute atomic E-state index is 0.101. The van der Waals surface area contributed by atoms with Gasteiger partial charge in [-0.15, -0.1) is 11.3 Å². The van der Waals surface area contributed by atoms with E-state index < -0.39 is 0 Å². The number of nitrogens with one attached hydrogen (secondary N) is 1. The van der Waals surface area contributed by atoms with Crippen molar-refractivity contribution in [1.82, 2.24) is 10.2 Å². The van der Waals surface area contributed by atoms with Gasteiger partial charge in [0.15, 0.2) is 0 Å². The van der Waals surface area contributed by atoms with E-state index in [4.69, 9.17) is 0 Å². The zero-order valence-corrected chi connectivity index (χ0v) is 14.7. The number of hydrogen-bond acceptors (Lipinski definition) is 3. The summed E-state index contributed by atoms with van der Waals surface area (Å²) in [5.41, 5.74) is 3.82. The SMILES string of the molecule is CCC(NC(=O)CN1CCc2sccc2C1)c1ccc(C)cc1. The van der Waals surface area contributed by atoms with Crippen LogP contribution in [-0.4, -0.2) is 23.9 Å². The average molecular weight is 328 g/mol. The van der Waals surface area contributed by atoms with Crippen LogP contribution in [0.1, 0.15) is 41.0 Å². The lowest BCUT2D eigenvalue weighted by atomic mass is 10.0. The molecular weight excluding hydrogens is 304 g/mol. The van der Waals surface area contributed by atoms with Crippen LogP contribution in [0, 0.1) is 6.92 Å². The molecule has 0 saturated heterocycles. The van der Waals surface area contributed by atoms with Gasteiger partial charge >= 0.3 is 0 Å². The largest absolute Gasteiger partial charge is 0.348 e. The van der Waals surface area contributed by atoms with E-state index in [9.17, 15) is 4.79 Å². The quantitative estimate of drug-likeness (QED) is 0.908. The minimum Gasteiger partial charge on any atom is -0.348 e. The van der Waals surface area contributed by atoms with Crippen molar-refractivity contribution in [3.05, 3.63) is 57.3 Å². The predicted octanol–water partition coefficient (Wildman–Crippen LogP) is 3.68. The summed E-state index contributed by atoms with van der Waals surface area (Å²) in [6.45, 7) is 6.55. The first kappa shape index (κ1) is 16.2. The summed E-state index contributed by atoms with van der Waals surface area (Å²) in [6.07, 6.45) is 1.97. The van der Waals surface area contributed by atoms with Gasteiger partial charge in [0.2, 0.25) is 5.91 Å². The molecule has 0 spiro atoms. The summed E-state index contributed by atoms with van der Waals surface area (Å²) in [5, 5.41) is 5.34. The van der Waals surface area contributed by atoms with E-state index in [1.54, 1.807) is 0 Å². The number of amides is 1. The molecule has 1 aliphatic heterocycles. The number of nitrogens with zero attached hydrogens (tertiary/aromatic N) is 1. The van der Waals surface area contributed by atoms with Crippen LogP contribution in [0.4, 0.5) is 0 Å². The molecule has 3 rings (SSSR count). The van der Waals surface area contributed by atoms with Gasteiger partial charge in [0, 0.05) is 18.0 Å². The molecule has 1 aliphatic rings. The van der Waals surface area contributed by atoms with Gasteiger partial charge in [0.1, 0.15) is 0 Å². The van der Waals surface area contributed by atoms with Gasteiger partial charge in [-0.25, -0.2) is 0 Å². The third-order valence-corrected chi connectivity index (χ3v) is 5.50. The van der Waals surface area contributed by atoms with Crippen molar-refractivity contribution in [2.45, 2.75) is 39.3 Å². The highest BCUT2D eigenvalue weighted by Gasteiger charge is 2.20. The lowest BCUT2D eigenvalue weighted by Gasteiger charge is -2.27. The van der Waals surface area contributed by atoms with Gasteiger partial charge in [-0.3, -0.25) is 9.69 Å². The van der Waals surface area contributed by atoms with Gasteiger partial charge in [-0.05, 0) is 42.3 Å². The summed E-state index contributed by atoms with van der Waals surface area (Å²) < 4.78 is 0. The van der Waals surface area contributed by atoms with Gasteiger partial charge in [-0.2, -0.15) is 0 Å². The van der Waals surface area contributed by atoms with Crippen molar-refractivity contribution < 1.29 is 4.79 Å². The molecule has 1 aromatic carbocycles. The minimum atomic E-state index is 0.101. The Balaban J connectivity index is 1.57. The number of aryl methyl sites for hydroxylation is 1. The summed E-state index contributed by atoms with van der Waals surface area (Å²) in [4.78, 5) is 16.1. The molecule has 1 amide bonds. The highest BCUT2D eigenvalue weighted by atomic mass is 32.1. The predicted molar refractivity (Wildman–Crippen MR) is 95.7 cm³/mol. The van der Waals surface area contributed by atoms with Gasteiger partial charge in [0.25, 0.3) is 0 Å².